The summed E-state index contributed by atoms with van der Waals surface area (Å²) in [7, 11) is 1.25. The molecular weight excluding hydrogens is 227 g/mol. The van der Waals surface area contributed by atoms with Crippen LogP contribution < -0.4 is 4.74 Å². The number of aliphatic carboxylic acids is 1. The number of hydrogen-bond acceptors (Lipinski definition) is 3. The number of aromatic hydroxyl groups is 1. The van der Waals surface area contributed by atoms with Gasteiger partial charge in [0.15, 0.2) is 17.3 Å². The second kappa shape index (κ2) is 5.03. The zero-order valence-corrected chi connectivity index (χ0v) is 9.95. The van der Waals surface area contributed by atoms with E-state index in [1.807, 2.05) is 0 Å². The molecule has 5 heteroatoms. The zero-order chi connectivity index (χ0) is 13.2. The van der Waals surface area contributed by atoms with Gasteiger partial charge in [0, 0.05) is 5.56 Å². The van der Waals surface area contributed by atoms with Crippen LogP contribution in [0.15, 0.2) is 6.07 Å². The fourth-order valence-corrected chi connectivity index (χ4v) is 1.62. The van der Waals surface area contributed by atoms with Crippen LogP contribution in [0.2, 0.25) is 0 Å². The van der Waals surface area contributed by atoms with Gasteiger partial charge in [0.05, 0.1) is 13.0 Å². The Morgan fingerprint density at radius 2 is 2.18 bits per heavy atom. The highest BCUT2D eigenvalue weighted by Crippen LogP contribution is 2.36. The second-order valence-electron chi connectivity index (χ2n) is 3.98. The summed E-state index contributed by atoms with van der Waals surface area (Å²) in [5.74, 6) is -2.85. The number of rotatable bonds is 4. The Morgan fingerprint density at radius 1 is 1.59 bits per heavy atom. The number of ether oxygens (including phenoxy) is 1. The average Bonchev–Trinajstić information content (AvgIpc) is 2.24. The predicted octanol–water partition coefficient (Wildman–Crippen LogP) is 2.11. The molecular formula is C12H15FO4. The van der Waals surface area contributed by atoms with Crippen molar-refractivity contribution in [1.29, 1.82) is 0 Å². The quantitative estimate of drug-likeness (QED) is 0.848. The molecule has 0 aliphatic heterocycles. The third-order valence-electron chi connectivity index (χ3n) is 2.67. The van der Waals surface area contributed by atoms with Crippen molar-refractivity contribution in [1.82, 2.24) is 0 Å². The highest BCUT2D eigenvalue weighted by molar-refractivity contribution is 5.70. The number of phenolic OH excluding ortho intramolecular Hbond substituents is 1. The molecule has 0 heterocycles. The van der Waals surface area contributed by atoms with Crippen LogP contribution in [0.25, 0.3) is 0 Å². The predicted molar refractivity (Wildman–Crippen MR) is 59.9 cm³/mol. The molecule has 4 nitrogen and oxygen atoms in total. The van der Waals surface area contributed by atoms with Gasteiger partial charge in [-0.25, -0.2) is 4.39 Å². The van der Waals surface area contributed by atoms with Crippen molar-refractivity contribution < 1.29 is 24.1 Å². The van der Waals surface area contributed by atoms with Gasteiger partial charge < -0.3 is 14.9 Å². The molecule has 0 bridgehead atoms. The number of carbonyl (C=O) groups is 1. The first-order valence-electron chi connectivity index (χ1n) is 5.16. The molecule has 0 spiro atoms. The van der Waals surface area contributed by atoms with E-state index in [4.69, 9.17) is 9.84 Å². The number of methoxy groups -OCH3 is 1. The number of carboxylic acids is 1. The minimum absolute atomic E-state index is 0.129. The van der Waals surface area contributed by atoms with E-state index in [1.165, 1.54) is 20.1 Å². The molecule has 0 saturated carbocycles. The Labute approximate surface area is 98.7 Å². The van der Waals surface area contributed by atoms with E-state index >= 15 is 0 Å². The standard InChI is InChI=1S/C12H15FO4/c1-6-5-9(13)11(17-3)10(14)8(6)4-7(2)12(15)16/h5,7,14H,4H2,1-3H3,(H,15,16). The summed E-state index contributed by atoms with van der Waals surface area (Å²) in [5, 5.41) is 18.6. The summed E-state index contributed by atoms with van der Waals surface area (Å²) in [5.41, 5.74) is 0.909. The molecule has 0 aliphatic rings. The molecule has 1 aromatic rings. The fourth-order valence-electron chi connectivity index (χ4n) is 1.62. The minimum atomic E-state index is -0.966. The number of hydrogen-bond donors (Lipinski definition) is 2. The second-order valence-corrected chi connectivity index (χ2v) is 3.98. The summed E-state index contributed by atoms with van der Waals surface area (Å²) in [6.07, 6.45) is 0.129. The van der Waals surface area contributed by atoms with Crippen LogP contribution in [-0.2, 0) is 11.2 Å². The molecule has 2 N–H and O–H groups in total. The third-order valence-corrected chi connectivity index (χ3v) is 2.67. The Kier molecular flexibility index (Phi) is 3.93. The molecule has 94 valence electrons. The van der Waals surface area contributed by atoms with Gasteiger partial charge >= 0.3 is 5.97 Å². The number of aryl methyl sites for hydroxylation is 1. The number of halogens is 1. The van der Waals surface area contributed by atoms with Crippen LogP contribution in [0, 0.1) is 18.7 Å². The van der Waals surface area contributed by atoms with Gasteiger partial charge in [0.1, 0.15) is 0 Å². The first kappa shape index (κ1) is 13.3. The smallest absolute Gasteiger partial charge is 0.306 e. The molecule has 0 aliphatic carbocycles. The molecule has 0 amide bonds. The lowest BCUT2D eigenvalue weighted by Gasteiger charge is -2.14. The van der Waals surface area contributed by atoms with E-state index in [0.717, 1.165) is 0 Å². The number of phenols is 1. The summed E-state index contributed by atoms with van der Waals surface area (Å²) in [6, 6.07) is 1.22. The van der Waals surface area contributed by atoms with Crippen molar-refractivity contribution in [3.8, 4) is 11.5 Å². The SMILES string of the molecule is COc1c(F)cc(C)c(CC(C)C(=O)O)c1O. The van der Waals surface area contributed by atoms with Crippen LogP contribution in [0.3, 0.4) is 0 Å². The maximum Gasteiger partial charge on any atom is 0.306 e. The first-order chi connectivity index (χ1) is 7.88. The molecule has 0 saturated heterocycles. The number of carboxylic acid groups (broad SMARTS) is 1. The van der Waals surface area contributed by atoms with Crippen molar-refractivity contribution in [3.63, 3.8) is 0 Å². The summed E-state index contributed by atoms with van der Waals surface area (Å²) in [6.45, 7) is 3.14. The van der Waals surface area contributed by atoms with E-state index in [0.29, 0.717) is 11.1 Å². The Bertz CT molecular complexity index is 443. The zero-order valence-electron chi connectivity index (χ0n) is 9.95. The summed E-state index contributed by atoms with van der Waals surface area (Å²) in [4.78, 5) is 10.8. The Hall–Kier alpha value is -1.78. The van der Waals surface area contributed by atoms with Gasteiger partial charge in [-0.05, 0) is 25.0 Å². The maximum atomic E-state index is 13.4. The van der Waals surface area contributed by atoms with Gasteiger partial charge in [-0.15, -0.1) is 0 Å². The van der Waals surface area contributed by atoms with Crippen LogP contribution in [0.5, 0.6) is 11.5 Å². The Morgan fingerprint density at radius 3 is 2.65 bits per heavy atom. The van der Waals surface area contributed by atoms with Crippen molar-refractivity contribution in [2.75, 3.05) is 7.11 Å². The lowest BCUT2D eigenvalue weighted by Crippen LogP contribution is -2.13. The van der Waals surface area contributed by atoms with Crippen molar-refractivity contribution >= 4 is 5.97 Å². The highest BCUT2D eigenvalue weighted by Gasteiger charge is 2.20. The van der Waals surface area contributed by atoms with Crippen LogP contribution in [0.4, 0.5) is 4.39 Å². The lowest BCUT2D eigenvalue weighted by atomic mass is 9.96. The lowest BCUT2D eigenvalue weighted by molar-refractivity contribution is -0.141. The highest BCUT2D eigenvalue weighted by atomic mass is 19.1. The molecule has 0 aromatic heterocycles. The minimum Gasteiger partial charge on any atom is -0.504 e. The molecule has 1 unspecified atom stereocenters. The van der Waals surface area contributed by atoms with Crippen molar-refractivity contribution in [2.24, 2.45) is 5.92 Å². The van der Waals surface area contributed by atoms with Gasteiger partial charge in [-0.3, -0.25) is 4.79 Å². The largest absolute Gasteiger partial charge is 0.504 e. The van der Waals surface area contributed by atoms with Gasteiger partial charge in [0.25, 0.3) is 0 Å². The topological polar surface area (TPSA) is 66.8 Å². The maximum absolute atomic E-state index is 13.4. The van der Waals surface area contributed by atoms with Crippen LogP contribution in [-0.4, -0.2) is 23.3 Å². The van der Waals surface area contributed by atoms with Crippen LogP contribution >= 0.6 is 0 Å². The van der Waals surface area contributed by atoms with Crippen LogP contribution in [0.1, 0.15) is 18.1 Å². The van der Waals surface area contributed by atoms with Gasteiger partial charge in [0.2, 0.25) is 0 Å². The summed E-state index contributed by atoms with van der Waals surface area (Å²) < 4.78 is 18.1. The number of benzene rings is 1. The van der Waals surface area contributed by atoms with E-state index in [-0.39, 0.29) is 17.9 Å². The average molecular weight is 242 g/mol. The van der Waals surface area contributed by atoms with Gasteiger partial charge in [-0.2, -0.15) is 0 Å². The van der Waals surface area contributed by atoms with E-state index < -0.39 is 17.7 Å². The van der Waals surface area contributed by atoms with Crippen molar-refractivity contribution in [2.45, 2.75) is 20.3 Å². The molecule has 1 rings (SSSR count). The first-order valence-corrected chi connectivity index (χ1v) is 5.16. The van der Waals surface area contributed by atoms with Crippen molar-refractivity contribution in [3.05, 3.63) is 23.0 Å². The monoisotopic (exact) mass is 242 g/mol. The van der Waals surface area contributed by atoms with E-state index in [2.05, 4.69) is 0 Å². The van der Waals surface area contributed by atoms with Gasteiger partial charge in [-0.1, -0.05) is 6.92 Å². The molecule has 1 aromatic carbocycles. The normalized spacial score (nSPS) is 12.2. The molecule has 1 atom stereocenters. The fraction of sp³-hybridized carbons (Fsp3) is 0.417. The molecule has 0 radical (unpaired) electrons. The van der Waals surface area contributed by atoms with E-state index in [9.17, 15) is 14.3 Å². The Balaban J connectivity index is 3.20. The summed E-state index contributed by atoms with van der Waals surface area (Å²) >= 11 is 0. The third kappa shape index (κ3) is 2.67. The van der Waals surface area contributed by atoms with E-state index in [1.54, 1.807) is 6.92 Å². The molecule has 0 fully saturated rings. The molecule has 17 heavy (non-hydrogen) atoms.